The molecule has 2 rings (SSSR count). The van der Waals surface area contributed by atoms with E-state index in [-0.39, 0.29) is 0 Å². The summed E-state index contributed by atoms with van der Waals surface area (Å²) in [6.45, 7) is 2.51. The average Bonchev–Trinajstić information content (AvgIpc) is 2.85. The summed E-state index contributed by atoms with van der Waals surface area (Å²) in [5, 5.41) is 1.02. The van der Waals surface area contributed by atoms with Crippen LogP contribution in [0.3, 0.4) is 0 Å². The molecule has 0 N–H and O–H groups in total. The first-order valence-electron chi connectivity index (χ1n) is 6.15. The van der Waals surface area contributed by atoms with E-state index in [1.807, 2.05) is 18.2 Å². The van der Waals surface area contributed by atoms with Gasteiger partial charge in [-0.2, -0.15) is 0 Å². The van der Waals surface area contributed by atoms with E-state index >= 15 is 0 Å². The topological polar surface area (TPSA) is 18.5 Å². The summed E-state index contributed by atoms with van der Waals surface area (Å²) in [5.41, 5.74) is 2.58. The lowest BCUT2D eigenvalue weighted by Crippen LogP contribution is -1.92. The number of allylic oxidation sites excluding steroid dienone is 3. The molecule has 0 aromatic heterocycles. The predicted octanol–water partition coefficient (Wildman–Crippen LogP) is 4.55. The number of alkyl halides is 1. The van der Waals surface area contributed by atoms with Gasteiger partial charge in [-0.1, -0.05) is 52.7 Å². The Bertz CT molecular complexity index is 464. The van der Waals surface area contributed by atoms with Gasteiger partial charge in [-0.15, -0.1) is 0 Å². The molecule has 0 radical (unpaired) electrons. The van der Waals surface area contributed by atoms with E-state index < -0.39 is 0 Å². The summed E-state index contributed by atoms with van der Waals surface area (Å²) >= 11 is 3.47. The Kier molecular flexibility index (Phi) is 4.88. The van der Waals surface area contributed by atoms with Crippen molar-refractivity contribution in [2.75, 3.05) is 12.1 Å². The molecule has 1 aliphatic heterocycles. The molecule has 1 heterocycles. The monoisotopic (exact) mass is 308 g/mol. The third-order valence-electron chi connectivity index (χ3n) is 2.89. The maximum Gasteiger partial charge on any atom is 0.231 e. The van der Waals surface area contributed by atoms with Crippen LogP contribution < -0.4 is 9.47 Å². The molecule has 0 saturated heterocycles. The number of halogens is 1. The van der Waals surface area contributed by atoms with Crippen LogP contribution in [0.1, 0.15) is 25.3 Å². The molecule has 1 aliphatic rings. The number of hydrogen-bond donors (Lipinski definition) is 0. The molecule has 0 bridgehead atoms. The van der Waals surface area contributed by atoms with Crippen molar-refractivity contribution in [1.82, 2.24) is 0 Å². The molecule has 0 saturated carbocycles. The van der Waals surface area contributed by atoms with Gasteiger partial charge in [-0.3, -0.25) is 0 Å². The summed E-state index contributed by atoms with van der Waals surface area (Å²) in [4.78, 5) is 0. The second kappa shape index (κ2) is 6.64. The van der Waals surface area contributed by atoms with Gasteiger partial charge in [0.15, 0.2) is 11.5 Å². The second-order valence-corrected chi connectivity index (χ2v) is 4.88. The van der Waals surface area contributed by atoms with Gasteiger partial charge >= 0.3 is 0 Å². The molecule has 96 valence electrons. The Morgan fingerprint density at radius 3 is 2.94 bits per heavy atom. The third-order valence-corrected chi connectivity index (χ3v) is 3.28. The molecule has 0 spiro atoms. The molecule has 0 atom stereocenters. The Morgan fingerprint density at radius 2 is 2.17 bits per heavy atom. The van der Waals surface area contributed by atoms with Crippen molar-refractivity contribution in [2.24, 2.45) is 0 Å². The number of hydrogen-bond acceptors (Lipinski definition) is 2. The fraction of sp³-hybridized carbons (Fsp3) is 0.333. The van der Waals surface area contributed by atoms with Gasteiger partial charge in [-0.05, 0) is 30.5 Å². The SMILES string of the molecule is CC/C(=C\C=C\c1ccc2c(c1)OCO2)CCBr. The summed E-state index contributed by atoms with van der Waals surface area (Å²) in [5.74, 6) is 1.66. The number of benzene rings is 1. The molecule has 0 aliphatic carbocycles. The minimum Gasteiger partial charge on any atom is -0.454 e. The molecular weight excluding hydrogens is 292 g/mol. The zero-order valence-corrected chi connectivity index (χ0v) is 12.1. The summed E-state index contributed by atoms with van der Waals surface area (Å²) in [6, 6.07) is 5.99. The lowest BCUT2D eigenvalue weighted by molar-refractivity contribution is 0.174. The highest BCUT2D eigenvalue weighted by molar-refractivity contribution is 9.09. The van der Waals surface area contributed by atoms with Crippen LogP contribution in [-0.2, 0) is 0 Å². The molecule has 0 amide bonds. The van der Waals surface area contributed by atoms with E-state index in [4.69, 9.17) is 9.47 Å². The first-order valence-corrected chi connectivity index (χ1v) is 7.27. The number of fused-ring (bicyclic) bond motifs is 1. The van der Waals surface area contributed by atoms with Gasteiger partial charge in [0, 0.05) is 5.33 Å². The molecular formula is C15H17BrO2. The van der Waals surface area contributed by atoms with Gasteiger partial charge in [0.05, 0.1) is 0 Å². The lowest BCUT2D eigenvalue weighted by atomic mass is 10.1. The minimum absolute atomic E-state index is 0.327. The zero-order valence-electron chi connectivity index (χ0n) is 10.5. The highest BCUT2D eigenvalue weighted by Gasteiger charge is 2.11. The Labute approximate surface area is 116 Å². The Balaban J connectivity index is 2.05. The van der Waals surface area contributed by atoms with Crippen LogP contribution in [-0.4, -0.2) is 12.1 Å². The number of ether oxygens (including phenoxy) is 2. The van der Waals surface area contributed by atoms with Gasteiger partial charge in [0.25, 0.3) is 0 Å². The van der Waals surface area contributed by atoms with Crippen LogP contribution in [0.5, 0.6) is 11.5 Å². The highest BCUT2D eigenvalue weighted by atomic mass is 79.9. The Hall–Kier alpha value is -1.22. The highest BCUT2D eigenvalue weighted by Crippen LogP contribution is 2.32. The van der Waals surface area contributed by atoms with Crippen LogP contribution in [0, 0.1) is 0 Å². The van der Waals surface area contributed by atoms with Gasteiger partial charge in [0.1, 0.15) is 0 Å². The first-order chi connectivity index (χ1) is 8.83. The minimum atomic E-state index is 0.327. The normalized spacial score (nSPS) is 14.4. The van der Waals surface area contributed by atoms with Crippen LogP contribution in [0.2, 0.25) is 0 Å². The van der Waals surface area contributed by atoms with E-state index in [0.717, 1.165) is 35.2 Å². The average molecular weight is 309 g/mol. The quantitative estimate of drug-likeness (QED) is 0.587. The zero-order chi connectivity index (χ0) is 12.8. The fourth-order valence-corrected chi connectivity index (χ4v) is 2.32. The van der Waals surface area contributed by atoms with Crippen LogP contribution in [0.4, 0.5) is 0 Å². The maximum absolute atomic E-state index is 5.35. The van der Waals surface area contributed by atoms with Crippen molar-refractivity contribution in [2.45, 2.75) is 19.8 Å². The molecule has 1 aromatic rings. The Morgan fingerprint density at radius 1 is 1.33 bits per heavy atom. The summed E-state index contributed by atoms with van der Waals surface area (Å²) in [6.07, 6.45) is 8.57. The van der Waals surface area contributed by atoms with Crippen molar-refractivity contribution < 1.29 is 9.47 Å². The van der Waals surface area contributed by atoms with Crippen LogP contribution >= 0.6 is 15.9 Å². The van der Waals surface area contributed by atoms with Crippen molar-refractivity contribution in [3.63, 3.8) is 0 Å². The van der Waals surface area contributed by atoms with Crippen molar-refractivity contribution >= 4 is 22.0 Å². The van der Waals surface area contributed by atoms with Crippen molar-refractivity contribution in [3.8, 4) is 11.5 Å². The van der Waals surface area contributed by atoms with E-state index in [9.17, 15) is 0 Å². The molecule has 0 unspecified atom stereocenters. The molecule has 18 heavy (non-hydrogen) atoms. The standard InChI is InChI=1S/C15H17BrO2/c1-2-12(8-9-16)4-3-5-13-6-7-14-15(10-13)18-11-17-14/h3-7,10H,2,8-9,11H2,1H3/b5-3+,12-4+. The smallest absolute Gasteiger partial charge is 0.231 e. The van der Waals surface area contributed by atoms with Crippen molar-refractivity contribution in [3.05, 3.63) is 41.5 Å². The van der Waals surface area contributed by atoms with E-state index in [1.165, 1.54) is 5.57 Å². The third kappa shape index (κ3) is 3.39. The maximum atomic E-state index is 5.35. The summed E-state index contributed by atoms with van der Waals surface area (Å²) < 4.78 is 10.6. The van der Waals surface area contributed by atoms with E-state index in [1.54, 1.807) is 0 Å². The summed E-state index contributed by atoms with van der Waals surface area (Å²) in [7, 11) is 0. The predicted molar refractivity (Wildman–Crippen MR) is 78.4 cm³/mol. The largest absolute Gasteiger partial charge is 0.454 e. The lowest BCUT2D eigenvalue weighted by Gasteiger charge is -1.99. The van der Waals surface area contributed by atoms with Gasteiger partial charge in [0.2, 0.25) is 6.79 Å². The van der Waals surface area contributed by atoms with Crippen LogP contribution in [0.25, 0.3) is 6.08 Å². The second-order valence-electron chi connectivity index (χ2n) is 4.09. The molecule has 1 aromatic carbocycles. The van der Waals surface area contributed by atoms with E-state index in [2.05, 4.69) is 41.1 Å². The van der Waals surface area contributed by atoms with Crippen molar-refractivity contribution in [1.29, 1.82) is 0 Å². The van der Waals surface area contributed by atoms with Crippen LogP contribution in [0.15, 0.2) is 35.9 Å². The fourth-order valence-electron chi connectivity index (χ4n) is 1.81. The molecule has 2 nitrogen and oxygen atoms in total. The van der Waals surface area contributed by atoms with Gasteiger partial charge in [-0.25, -0.2) is 0 Å². The number of rotatable bonds is 5. The molecule has 0 fully saturated rings. The van der Waals surface area contributed by atoms with E-state index in [0.29, 0.717) is 6.79 Å². The molecule has 3 heteroatoms. The first kappa shape index (κ1) is 13.2. The van der Waals surface area contributed by atoms with Gasteiger partial charge < -0.3 is 9.47 Å².